The van der Waals surface area contributed by atoms with Gasteiger partial charge in [-0.1, -0.05) is 36.4 Å². The van der Waals surface area contributed by atoms with Crippen LogP contribution in [-0.2, 0) is 10.0 Å². The first-order valence-corrected chi connectivity index (χ1v) is 9.56. The molecule has 5 nitrogen and oxygen atoms in total. The van der Waals surface area contributed by atoms with Gasteiger partial charge in [-0.25, -0.2) is 13.4 Å². The lowest BCUT2D eigenvalue weighted by molar-refractivity contribution is 0.278. The Kier molecular flexibility index (Phi) is 5.37. The molecule has 0 N–H and O–H groups in total. The maximum atomic E-state index is 12.5. The van der Waals surface area contributed by atoms with Gasteiger partial charge in [-0.15, -0.1) is 0 Å². The fourth-order valence-corrected chi connectivity index (χ4v) is 4.21. The molecule has 1 aliphatic heterocycles. The average Bonchev–Trinajstić information content (AvgIpc) is 2.64. The Morgan fingerprint density at radius 1 is 1.08 bits per heavy atom. The highest BCUT2D eigenvalue weighted by Gasteiger charge is 2.29. The van der Waals surface area contributed by atoms with E-state index in [0.29, 0.717) is 19.0 Å². The Hall–Kier alpha value is -2.05. The van der Waals surface area contributed by atoms with E-state index in [1.807, 2.05) is 36.5 Å². The molecule has 0 bridgehead atoms. The molecule has 1 saturated heterocycles. The lowest BCUT2D eigenvalue weighted by atomic mass is 9.98. The van der Waals surface area contributed by atoms with Gasteiger partial charge >= 0.3 is 0 Å². The van der Waals surface area contributed by atoms with Crippen LogP contribution in [0.5, 0.6) is 0 Å². The zero-order valence-corrected chi connectivity index (χ0v) is 14.3. The summed E-state index contributed by atoms with van der Waals surface area (Å²) in [5, 5.41) is 0.130. The summed E-state index contributed by atoms with van der Waals surface area (Å²) in [5.74, 6) is 0.431. The predicted molar refractivity (Wildman–Crippen MR) is 94.6 cm³/mol. The van der Waals surface area contributed by atoms with E-state index in [4.69, 9.17) is 0 Å². The summed E-state index contributed by atoms with van der Waals surface area (Å²) in [6.07, 6.45) is 5.06. The highest BCUT2D eigenvalue weighted by molar-refractivity contribution is 7.89. The Morgan fingerprint density at radius 3 is 2.46 bits per heavy atom. The van der Waals surface area contributed by atoms with E-state index >= 15 is 0 Å². The number of rotatable bonds is 5. The molecule has 126 valence electrons. The number of piperidine rings is 1. The minimum atomic E-state index is -3.47. The molecule has 24 heavy (non-hydrogen) atoms. The van der Waals surface area contributed by atoms with Crippen LogP contribution in [-0.4, -0.2) is 43.6 Å². The zero-order chi connectivity index (χ0) is 16.8. The normalized spacial score (nSPS) is 17.3. The Morgan fingerprint density at radius 2 is 1.79 bits per heavy atom. The van der Waals surface area contributed by atoms with Crippen LogP contribution in [0.4, 0.5) is 0 Å². The lowest BCUT2D eigenvalue weighted by Gasteiger charge is -2.30. The van der Waals surface area contributed by atoms with Gasteiger partial charge in [-0.05, 0) is 36.5 Å². The van der Waals surface area contributed by atoms with E-state index in [0.717, 1.165) is 24.9 Å². The van der Waals surface area contributed by atoms with Crippen LogP contribution in [0.15, 0.2) is 64.7 Å². The molecule has 2 heterocycles. The molecule has 1 aromatic carbocycles. The summed E-state index contributed by atoms with van der Waals surface area (Å²) in [7, 11) is -3.47. The van der Waals surface area contributed by atoms with Gasteiger partial charge in [0.1, 0.15) is 0 Å². The average molecular weight is 343 g/mol. The van der Waals surface area contributed by atoms with Gasteiger partial charge in [-0.2, -0.15) is 4.31 Å². The predicted octanol–water partition coefficient (Wildman–Crippen LogP) is 2.60. The van der Waals surface area contributed by atoms with E-state index in [-0.39, 0.29) is 5.03 Å². The Labute approximate surface area is 143 Å². The van der Waals surface area contributed by atoms with Gasteiger partial charge in [0.25, 0.3) is 10.0 Å². The van der Waals surface area contributed by atoms with Crippen molar-refractivity contribution in [2.75, 3.05) is 19.6 Å². The molecule has 0 spiro atoms. The molecule has 1 aromatic heterocycles. The second-order valence-electron chi connectivity index (χ2n) is 5.92. The molecular formula is C18H21N3O2S. The van der Waals surface area contributed by atoms with Crippen LogP contribution in [0.1, 0.15) is 18.4 Å². The van der Waals surface area contributed by atoms with Gasteiger partial charge < -0.3 is 0 Å². The lowest BCUT2D eigenvalue weighted by Crippen LogP contribution is -2.39. The number of aromatic nitrogens is 1. The molecule has 0 amide bonds. The molecule has 0 aliphatic carbocycles. The smallest absolute Gasteiger partial charge is 0.260 e. The third-order valence-corrected chi connectivity index (χ3v) is 6.03. The number of benzene rings is 1. The standard InChI is InChI=1S/C18H21N3O2S/c22-24(23,18-8-4-5-11-20-18)21-12-9-17(10-13-21)15-19-14-16-6-2-1-3-7-16/h1-8,11,14,17H,9-10,12-13,15H2. The molecule has 0 radical (unpaired) electrons. The summed E-state index contributed by atoms with van der Waals surface area (Å²) < 4.78 is 26.6. The third kappa shape index (κ3) is 4.07. The molecule has 0 saturated carbocycles. The molecular weight excluding hydrogens is 322 g/mol. The Bertz CT molecular complexity index is 768. The SMILES string of the molecule is O=S(=O)(c1ccccn1)N1CCC(CN=Cc2ccccc2)CC1. The summed E-state index contributed by atoms with van der Waals surface area (Å²) in [6.45, 7) is 1.81. The van der Waals surface area contributed by atoms with Crippen LogP contribution in [0.2, 0.25) is 0 Å². The maximum absolute atomic E-state index is 12.5. The molecule has 1 fully saturated rings. The first-order valence-electron chi connectivity index (χ1n) is 8.12. The van der Waals surface area contributed by atoms with Crippen molar-refractivity contribution in [3.8, 4) is 0 Å². The van der Waals surface area contributed by atoms with E-state index in [2.05, 4.69) is 9.98 Å². The highest BCUT2D eigenvalue weighted by atomic mass is 32.2. The first-order chi connectivity index (χ1) is 11.7. The number of aliphatic imine (C=N–C) groups is 1. The van der Waals surface area contributed by atoms with Crippen molar-refractivity contribution < 1.29 is 8.42 Å². The molecule has 0 unspecified atom stereocenters. The van der Waals surface area contributed by atoms with E-state index < -0.39 is 10.0 Å². The minimum absolute atomic E-state index is 0.130. The summed E-state index contributed by atoms with van der Waals surface area (Å²) >= 11 is 0. The Balaban J connectivity index is 1.53. The van der Waals surface area contributed by atoms with Gasteiger partial charge in [-0.3, -0.25) is 4.99 Å². The van der Waals surface area contributed by atoms with Crippen LogP contribution < -0.4 is 0 Å². The second kappa shape index (κ2) is 7.68. The summed E-state index contributed by atoms with van der Waals surface area (Å²) in [6, 6.07) is 15.0. The number of hydrogen-bond donors (Lipinski definition) is 0. The minimum Gasteiger partial charge on any atom is -0.292 e. The van der Waals surface area contributed by atoms with Crippen molar-refractivity contribution in [3.63, 3.8) is 0 Å². The van der Waals surface area contributed by atoms with Crippen molar-refractivity contribution in [2.45, 2.75) is 17.9 Å². The van der Waals surface area contributed by atoms with Gasteiger partial charge in [0, 0.05) is 32.0 Å². The van der Waals surface area contributed by atoms with Crippen LogP contribution >= 0.6 is 0 Å². The highest BCUT2D eigenvalue weighted by Crippen LogP contribution is 2.23. The summed E-state index contributed by atoms with van der Waals surface area (Å²) in [4.78, 5) is 8.48. The molecule has 6 heteroatoms. The third-order valence-electron chi connectivity index (χ3n) is 4.22. The fourth-order valence-electron chi connectivity index (χ4n) is 2.81. The quantitative estimate of drug-likeness (QED) is 0.784. The van der Waals surface area contributed by atoms with Crippen molar-refractivity contribution in [3.05, 3.63) is 60.3 Å². The van der Waals surface area contributed by atoms with Gasteiger partial charge in [0.05, 0.1) is 0 Å². The molecule has 3 rings (SSSR count). The first kappa shape index (κ1) is 16.8. The number of pyridine rings is 1. The molecule has 1 aliphatic rings. The largest absolute Gasteiger partial charge is 0.292 e. The van der Waals surface area contributed by atoms with Crippen LogP contribution in [0.3, 0.4) is 0 Å². The zero-order valence-electron chi connectivity index (χ0n) is 13.5. The molecule has 2 aromatic rings. The van der Waals surface area contributed by atoms with Crippen molar-refractivity contribution in [1.29, 1.82) is 0 Å². The maximum Gasteiger partial charge on any atom is 0.260 e. The topological polar surface area (TPSA) is 62.6 Å². The van der Waals surface area contributed by atoms with Crippen molar-refractivity contribution in [2.24, 2.45) is 10.9 Å². The number of sulfonamides is 1. The van der Waals surface area contributed by atoms with Crippen LogP contribution in [0, 0.1) is 5.92 Å². The fraction of sp³-hybridized carbons (Fsp3) is 0.333. The monoisotopic (exact) mass is 343 g/mol. The second-order valence-corrected chi connectivity index (χ2v) is 7.81. The number of nitrogens with zero attached hydrogens (tertiary/aromatic N) is 3. The van der Waals surface area contributed by atoms with Gasteiger partial charge in [0.2, 0.25) is 0 Å². The van der Waals surface area contributed by atoms with Gasteiger partial charge in [0.15, 0.2) is 5.03 Å². The van der Waals surface area contributed by atoms with Crippen molar-refractivity contribution in [1.82, 2.24) is 9.29 Å². The van der Waals surface area contributed by atoms with Crippen molar-refractivity contribution >= 4 is 16.2 Å². The summed E-state index contributed by atoms with van der Waals surface area (Å²) in [5.41, 5.74) is 1.09. The van der Waals surface area contributed by atoms with E-state index in [1.54, 1.807) is 18.2 Å². The van der Waals surface area contributed by atoms with E-state index in [9.17, 15) is 8.42 Å². The molecule has 0 atom stereocenters. The van der Waals surface area contributed by atoms with Crippen LogP contribution in [0.25, 0.3) is 0 Å². The number of hydrogen-bond acceptors (Lipinski definition) is 4. The van der Waals surface area contributed by atoms with E-state index in [1.165, 1.54) is 10.5 Å².